The van der Waals surface area contributed by atoms with E-state index in [1.165, 1.54) is 25.9 Å². The molecule has 0 aromatic heterocycles. The summed E-state index contributed by atoms with van der Waals surface area (Å²) in [6.45, 7) is 9.20. The largest absolute Gasteiger partial charge is 0.383 e. The monoisotopic (exact) mass is 285 g/mol. The maximum Gasteiger partial charge on any atom is 0.315 e. The van der Waals surface area contributed by atoms with Crippen LogP contribution in [-0.2, 0) is 4.74 Å². The van der Waals surface area contributed by atoms with Crippen molar-refractivity contribution >= 4 is 6.03 Å². The van der Waals surface area contributed by atoms with E-state index in [-0.39, 0.29) is 12.1 Å². The van der Waals surface area contributed by atoms with Crippen molar-refractivity contribution in [1.82, 2.24) is 15.5 Å². The maximum atomic E-state index is 11.5. The van der Waals surface area contributed by atoms with Crippen molar-refractivity contribution in [3.8, 4) is 0 Å². The van der Waals surface area contributed by atoms with E-state index in [0.717, 1.165) is 31.8 Å². The number of likely N-dealkylation sites (tertiary alicyclic amines) is 1. The highest BCUT2D eigenvalue weighted by Crippen LogP contribution is 2.15. The molecule has 1 aliphatic heterocycles. The van der Waals surface area contributed by atoms with Crippen LogP contribution in [0, 0.1) is 5.92 Å². The lowest BCUT2D eigenvalue weighted by Gasteiger charge is -2.30. The molecule has 1 aliphatic rings. The lowest BCUT2D eigenvalue weighted by molar-refractivity contribution is 0.170. The van der Waals surface area contributed by atoms with Gasteiger partial charge in [0.25, 0.3) is 0 Å². The average Bonchev–Trinajstić information content (AvgIpc) is 2.40. The molecule has 20 heavy (non-hydrogen) atoms. The predicted octanol–water partition coefficient (Wildman–Crippen LogP) is 1.83. The molecule has 1 atom stereocenters. The van der Waals surface area contributed by atoms with Crippen molar-refractivity contribution in [1.29, 1.82) is 0 Å². The first kappa shape index (κ1) is 17.2. The highest BCUT2D eigenvalue weighted by molar-refractivity contribution is 5.74. The van der Waals surface area contributed by atoms with E-state index in [4.69, 9.17) is 4.74 Å². The molecule has 5 nitrogen and oxygen atoms in total. The zero-order chi connectivity index (χ0) is 14.8. The van der Waals surface area contributed by atoms with Gasteiger partial charge in [0, 0.05) is 13.7 Å². The van der Waals surface area contributed by atoms with Gasteiger partial charge in [0.2, 0.25) is 0 Å². The van der Waals surface area contributed by atoms with Gasteiger partial charge < -0.3 is 20.3 Å². The number of nitrogens with one attached hydrogen (secondary N) is 2. The quantitative estimate of drug-likeness (QED) is 0.669. The maximum absolute atomic E-state index is 11.5. The molecule has 1 fully saturated rings. The molecule has 0 radical (unpaired) electrons. The number of unbranched alkanes of at least 4 members (excludes halogenated alkanes) is 1. The van der Waals surface area contributed by atoms with Crippen molar-refractivity contribution < 1.29 is 9.53 Å². The number of piperidine rings is 1. The van der Waals surface area contributed by atoms with Crippen molar-refractivity contribution in [3.63, 3.8) is 0 Å². The number of carbonyl (C=O) groups is 1. The van der Waals surface area contributed by atoms with Crippen molar-refractivity contribution in [3.05, 3.63) is 0 Å². The second-order valence-corrected chi connectivity index (χ2v) is 5.99. The Balaban J connectivity index is 1.95. The molecular formula is C15H31N3O2. The Morgan fingerprint density at radius 2 is 2.05 bits per heavy atom. The number of hydrogen-bond acceptors (Lipinski definition) is 3. The second-order valence-electron chi connectivity index (χ2n) is 5.99. The summed E-state index contributed by atoms with van der Waals surface area (Å²) < 4.78 is 4.97. The van der Waals surface area contributed by atoms with E-state index < -0.39 is 0 Å². The molecule has 1 unspecified atom stereocenters. The molecule has 5 heteroatoms. The fourth-order valence-corrected chi connectivity index (χ4v) is 2.51. The average molecular weight is 285 g/mol. The Bertz CT molecular complexity index is 266. The summed E-state index contributed by atoms with van der Waals surface area (Å²) in [5.74, 6) is 0.894. The minimum Gasteiger partial charge on any atom is -0.383 e. The Morgan fingerprint density at radius 3 is 2.70 bits per heavy atom. The summed E-state index contributed by atoms with van der Waals surface area (Å²) in [6.07, 6.45) is 4.86. The first-order chi connectivity index (χ1) is 9.61. The second kappa shape index (κ2) is 10.00. The van der Waals surface area contributed by atoms with Gasteiger partial charge in [-0.25, -0.2) is 4.79 Å². The summed E-state index contributed by atoms with van der Waals surface area (Å²) in [6, 6.07) is -0.0447. The number of methoxy groups -OCH3 is 1. The van der Waals surface area contributed by atoms with Crippen LogP contribution in [-0.4, -0.2) is 56.9 Å². The fourth-order valence-electron chi connectivity index (χ4n) is 2.51. The van der Waals surface area contributed by atoms with Gasteiger partial charge >= 0.3 is 6.03 Å². The molecule has 1 rings (SSSR count). The lowest BCUT2D eigenvalue weighted by atomic mass is 9.99. The third-order valence-corrected chi connectivity index (χ3v) is 3.86. The number of amides is 2. The van der Waals surface area contributed by atoms with Crippen LogP contribution in [0.5, 0.6) is 0 Å². The first-order valence-electron chi connectivity index (χ1n) is 7.87. The van der Waals surface area contributed by atoms with Crippen molar-refractivity contribution in [2.75, 3.05) is 39.9 Å². The van der Waals surface area contributed by atoms with E-state index in [9.17, 15) is 4.79 Å². The van der Waals surface area contributed by atoms with Gasteiger partial charge in [0.05, 0.1) is 12.6 Å². The molecule has 0 bridgehead atoms. The van der Waals surface area contributed by atoms with Crippen LogP contribution in [0.25, 0.3) is 0 Å². The van der Waals surface area contributed by atoms with E-state index in [1.54, 1.807) is 7.11 Å². The summed E-state index contributed by atoms with van der Waals surface area (Å²) in [7, 11) is 1.64. The molecule has 2 N–H and O–H groups in total. The molecule has 0 aliphatic carbocycles. The summed E-state index contributed by atoms with van der Waals surface area (Å²) in [4.78, 5) is 14.1. The minimum atomic E-state index is -0.0960. The van der Waals surface area contributed by atoms with Crippen LogP contribution in [0.15, 0.2) is 0 Å². The summed E-state index contributed by atoms with van der Waals surface area (Å²) in [5, 5.41) is 5.73. The van der Waals surface area contributed by atoms with Crippen molar-refractivity contribution in [2.45, 2.75) is 45.6 Å². The molecule has 1 saturated heterocycles. The first-order valence-corrected chi connectivity index (χ1v) is 7.87. The molecular weight excluding hydrogens is 254 g/mol. The Morgan fingerprint density at radius 1 is 1.35 bits per heavy atom. The van der Waals surface area contributed by atoms with Gasteiger partial charge in [-0.3, -0.25) is 0 Å². The molecule has 1 heterocycles. The predicted molar refractivity (Wildman–Crippen MR) is 81.9 cm³/mol. The molecule has 118 valence electrons. The highest BCUT2D eigenvalue weighted by atomic mass is 16.5. The van der Waals surface area contributed by atoms with Gasteiger partial charge in [-0.15, -0.1) is 0 Å². The zero-order valence-corrected chi connectivity index (χ0v) is 13.3. The number of ether oxygens (including phenoxy) is 1. The zero-order valence-electron chi connectivity index (χ0n) is 13.3. The third-order valence-electron chi connectivity index (χ3n) is 3.86. The summed E-state index contributed by atoms with van der Waals surface area (Å²) in [5.41, 5.74) is 0. The van der Waals surface area contributed by atoms with E-state index in [0.29, 0.717) is 6.61 Å². The number of nitrogens with zero attached hydrogens (tertiary/aromatic N) is 1. The summed E-state index contributed by atoms with van der Waals surface area (Å²) >= 11 is 0. The Hall–Kier alpha value is -0.810. The van der Waals surface area contributed by atoms with Crippen molar-refractivity contribution in [2.24, 2.45) is 5.92 Å². The van der Waals surface area contributed by atoms with Crippen LogP contribution in [0.3, 0.4) is 0 Å². The van der Waals surface area contributed by atoms with E-state index in [2.05, 4.69) is 22.5 Å². The molecule has 0 spiro atoms. The van der Waals surface area contributed by atoms with Crippen LogP contribution < -0.4 is 10.6 Å². The van der Waals surface area contributed by atoms with Crippen LogP contribution >= 0.6 is 0 Å². The van der Waals surface area contributed by atoms with Gasteiger partial charge in [-0.05, 0) is 58.2 Å². The number of hydrogen-bond donors (Lipinski definition) is 2. The Kier molecular flexibility index (Phi) is 8.62. The number of urea groups is 1. The van der Waals surface area contributed by atoms with Gasteiger partial charge in [0.1, 0.15) is 0 Å². The van der Waals surface area contributed by atoms with Gasteiger partial charge in [-0.1, -0.05) is 6.92 Å². The van der Waals surface area contributed by atoms with Gasteiger partial charge in [0.15, 0.2) is 0 Å². The number of carbonyl (C=O) groups excluding carboxylic acids is 1. The molecule has 0 aromatic rings. The van der Waals surface area contributed by atoms with E-state index >= 15 is 0 Å². The third kappa shape index (κ3) is 7.70. The van der Waals surface area contributed by atoms with Crippen LogP contribution in [0.2, 0.25) is 0 Å². The topological polar surface area (TPSA) is 53.6 Å². The normalized spacial score (nSPS) is 18.8. The molecule has 0 saturated carbocycles. The SMILES string of the molecule is COCC(C)NC(=O)NCCCCN1CCC(C)CC1. The Labute approximate surface area is 123 Å². The lowest BCUT2D eigenvalue weighted by Crippen LogP contribution is -2.43. The fraction of sp³-hybridized carbons (Fsp3) is 0.933. The molecule has 2 amide bonds. The van der Waals surface area contributed by atoms with Crippen LogP contribution in [0.4, 0.5) is 4.79 Å². The molecule has 0 aromatic carbocycles. The standard InChI is InChI=1S/C15H31N3O2/c1-13-6-10-18(11-7-13)9-5-4-8-16-15(19)17-14(2)12-20-3/h13-14H,4-12H2,1-3H3,(H2,16,17,19). The van der Waals surface area contributed by atoms with Gasteiger partial charge in [-0.2, -0.15) is 0 Å². The highest BCUT2D eigenvalue weighted by Gasteiger charge is 2.14. The van der Waals surface area contributed by atoms with Crippen LogP contribution in [0.1, 0.15) is 39.5 Å². The number of rotatable bonds is 8. The smallest absolute Gasteiger partial charge is 0.315 e. The van der Waals surface area contributed by atoms with E-state index in [1.807, 2.05) is 6.92 Å². The minimum absolute atomic E-state index is 0.0512.